The number of unbranched alkanes of at least 4 members (excludes halogenated alkanes) is 1. The van der Waals surface area contributed by atoms with Crippen LogP contribution in [-0.2, 0) is 14.4 Å². The summed E-state index contributed by atoms with van der Waals surface area (Å²) in [5.74, 6) is -0.393. The van der Waals surface area contributed by atoms with Gasteiger partial charge in [-0.15, -0.1) is 0 Å². The van der Waals surface area contributed by atoms with Crippen molar-refractivity contribution >= 4 is 17.3 Å². The Kier molecular flexibility index (Phi) is 9.66. The van der Waals surface area contributed by atoms with E-state index in [1.165, 1.54) is 6.42 Å². The highest BCUT2D eigenvalue weighted by Crippen LogP contribution is 2.40. The number of hydrogen-bond donors (Lipinski definition) is 3. The van der Waals surface area contributed by atoms with E-state index in [1.54, 1.807) is 12.2 Å². The highest BCUT2D eigenvalue weighted by Gasteiger charge is 2.41. The summed E-state index contributed by atoms with van der Waals surface area (Å²) in [7, 11) is 0. The fourth-order valence-corrected chi connectivity index (χ4v) is 4.67. The summed E-state index contributed by atoms with van der Waals surface area (Å²) < 4.78 is 0. The van der Waals surface area contributed by atoms with Gasteiger partial charge in [0.1, 0.15) is 18.2 Å². The smallest absolute Gasteiger partial charge is 0.158 e. The van der Waals surface area contributed by atoms with Gasteiger partial charge in [-0.1, -0.05) is 31.9 Å². The minimum atomic E-state index is -0.805. The molecule has 0 amide bonds. The Bertz CT molecular complexity index is 592. The molecule has 0 aromatic heterocycles. The average Bonchev–Trinajstić information content (AvgIpc) is 2.91. The minimum absolute atomic E-state index is 0.0470. The Balaban J connectivity index is 1.81. The van der Waals surface area contributed by atoms with Crippen LogP contribution < -0.4 is 0 Å². The van der Waals surface area contributed by atoms with E-state index < -0.39 is 30.7 Å². The first-order chi connectivity index (χ1) is 13.8. The molecule has 2 fully saturated rings. The van der Waals surface area contributed by atoms with Crippen molar-refractivity contribution in [3.05, 3.63) is 12.2 Å². The zero-order valence-corrected chi connectivity index (χ0v) is 17.5. The first-order valence-corrected chi connectivity index (χ1v) is 11.1. The summed E-state index contributed by atoms with van der Waals surface area (Å²) >= 11 is 0. The third-order valence-corrected chi connectivity index (χ3v) is 6.50. The number of rotatable bonds is 13. The molecule has 0 bridgehead atoms. The topological polar surface area (TPSA) is 112 Å². The molecule has 6 heteroatoms. The summed E-state index contributed by atoms with van der Waals surface area (Å²) in [6.07, 6.45) is 8.26. The van der Waals surface area contributed by atoms with E-state index in [2.05, 4.69) is 6.92 Å². The molecule has 164 valence electrons. The van der Waals surface area contributed by atoms with Gasteiger partial charge in [0.05, 0.1) is 12.2 Å². The van der Waals surface area contributed by atoms with E-state index in [-0.39, 0.29) is 42.5 Å². The van der Waals surface area contributed by atoms with Gasteiger partial charge in [0.25, 0.3) is 0 Å². The van der Waals surface area contributed by atoms with Crippen LogP contribution in [0, 0.1) is 23.7 Å². The summed E-state index contributed by atoms with van der Waals surface area (Å²) in [6.45, 7) is 1.70. The highest BCUT2D eigenvalue weighted by molar-refractivity contribution is 5.90. The van der Waals surface area contributed by atoms with Crippen LogP contribution in [0.1, 0.15) is 71.1 Å². The van der Waals surface area contributed by atoms with Crippen LogP contribution in [0.25, 0.3) is 0 Å². The van der Waals surface area contributed by atoms with Crippen LogP contribution in [0.2, 0.25) is 0 Å². The van der Waals surface area contributed by atoms with Crippen LogP contribution >= 0.6 is 0 Å². The first kappa shape index (κ1) is 23.9. The van der Waals surface area contributed by atoms with Crippen LogP contribution in [-0.4, -0.2) is 51.5 Å². The molecule has 0 aromatic rings. The Morgan fingerprint density at radius 2 is 1.83 bits per heavy atom. The lowest BCUT2D eigenvalue weighted by atomic mass is 9.70. The Morgan fingerprint density at radius 1 is 1.17 bits per heavy atom. The molecule has 2 aliphatic carbocycles. The van der Waals surface area contributed by atoms with Crippen molar-refractivity contribution in [1.29, 1.82) is 0 Å². The number of carbonyl (C=O) groups is 3. The third-order valence-electron chi connectivity index (χ3n) is 6.50. The molecule has 0 unspecified atom stereocenters. The maximum absolute atomic E-state index is 12.3. The minimum Gasteiger partial charge on any atom is -0.392 e. The van der Waals surface area contributed by atoms with E-state index in [9.17, 15) is 24.6 Å². The summed E-state index contributed by atoms with van der Waals surface area (Å²) in [6, 6.07) is 0. The fourth-order valence-electron chi connectivity index (χ4n) is 4.67. The third kappa shape index (κ3) is 7.12. The van der Waals surface area contributed by atoms with Crippen molar-refractivity contribution < 1.29 is 29.7 Å². The molecule has 0 saturated heterocycles. The predicted octanol–water partition coefficient (Wildman–Crippen LogP) is 2.38. The van der Waals surface area contributed by atoms with Gasteiger partial charge in [0.2, 0.25) is 0 Å². The van der Waals surface area contributed by atoms with Gasteiger partial charge in [-0.3, -0.25) is 14.4 Å². The normalized spacial score (nSPS) is 30.5. The van der Waals surface area contributed by atoms with Gasteiger partial charge in [-0.2, -0.15) is 0 Å². The maximum atomic E-state index is 12.3. The Morgan fingerprint density at radius 3 is 2.45 bits per heavy atom. The molecular weight excluding hydrogens is 372 g/mol. The molecule has 3 N–H and O–H groups in total. The molecule has 6 nitrogen and oxygen atoms in total. The number of hydrogen-bond acceptors (Lipinski definition) is 6. The van der Waals surface area contributed by atoms with Crippen LogP contribution in [0.4, 0.5) is 0 Å². The highest BCUT2D eigenvalue weighted by atomic mass is 16.3. The lowest BCUT2D eigenvalue weighted by Crippen LogP contribution is -2.32. The number of Topliss-reactive ketones (excluding diaryl/α,β-unsaturated/α-hetero) is 3. The zero-order valence-electron chi connectivity index (χ0n) is 17.5. The number of aliphatic hydroxyl groups excluding tert-OH is 3. The largest absolute Gasteiger partial charge is 0.392 e. The fraction of sp³-hybridized carbons (Fsp3) is 0.783. The molecule has 0 radical (unpaired) electrons. The number of carbonyl (C=O) groups excluding carboxylic acids is 3. The van der Waals surface area contributed by atoms with E-state index in [1.807, 2.05) is 0 Å². The second-order valence-corrected chi connectivity index (χ2v) is 8.83. The van der Waals surface area contributed by atoms with Crippen molar-refractivity contribution in [2.45, 2.75) is 83.3 Å². The molecule has 2 aliphatic rings. The molecule has 2 rings (SSSR count). The Hall–Kier alpha value is -1.37. The lowest BCUT2D eigenvalue weighted by molar-refractivity contribution is -0.127. The van der Waals surface area contributed by atoms with Gasteiger partial charge >= 0.3 is 0 Å². The molecule has 0 heterocycles. The van der Waals surface area contributed by atoms with Gasteiger partial charge < -0.3 is 15.3 Å². The van der Waals surface area contributed by atoms with E-state index >= 15 is 0 Å². The summed E-state index contributed by atoms with van der Waals surface area (Å²) in [4.78, 5) is 35.6. The van der Waals surface area contributed by atoms with E-state index in [0.29, 0.717) is 25.2 Å². The van der Waals surface area contributed by atoms with Gasteiger partial charge in [0, 0.05) is 37.5 Å². The molecule has 4 atom stereocenters. The predicted molar refractivity (Wildman–Crippen MR) is 109 cm³/mol. The molecule has 0 aliphatic heterocycles. The molecular formula is C23H36O6. The van der Waals surface area contributed by atoms with Crippen molar-refractivity contribution in [2.75, 3.05) is 6.61 Å². The second-order valence-electron chi connectivity index (χ2n) is 8.83. The maximum Gasteiger partial charge on any atom is 0.158 e. The van der Waals surface area contributed by atoms with Crippen molar-refractivity contribution in [3.8, 4) is 0 Å². The van der Waals surface area contributed by atoms with Crippen molar-refractivity contribution in [3.63, 3.8) is 0 Å². The van der Waals surface area contributed by atoms with Crippen molar-refractivity contribution in [1.82, 2.24) is 0 Å². The first-order valence-electron chi connectivity index (χ1n) is 11.1. The van der Waals surface area contributed by atoms with E-state index in [0.717, 1.165) is 19.3 Å². The van der Waals surface area contributed by atoms with Crippen LogP contribution in [0.3, 0.4) is 0 Å². The van der Waals surface area contributed by atoms with Gasteiger partial charge in [0.15, 0.2) is 5.78 Å². The number of ketones is 3. The van der Waals surface area contributed by atoms with Crippen LogP contribution in [0.15, 0.2) is 12.2 Å². The van der Waals surface area contributed by atoms with Gasteiger partial charge in [-0.05, 0) is 37.5 Å². The molecule has 2 saturated carbocycles. The standard InChI is InChI=1S/C23H36O6/c1-2-5-15-10-16(11-15)21(27)9-8-19-20(23(29)13-22(19)28)12-17(25)6-3-4-7-18(26)14-24/h8-9,15-16,19-22,24,27-28H,2-7,10-14H2,1H3/t15-,16-,19-,20-,21-,22-/m1/s1. The summed E-state index contributed by atoms with van der Waals surface area (Å²) in [5, 5.41) is 29.3. The van der Waals surface area contributed by atoms with E-state index in [4.69, 9.17) is 5.11 Å². The Labute approximate surface area is 173 Å². The molecule has 0 spiro atoms. The lowest BCUT2D eigenvalue weighted by Gasteiger charge is -2.37. The molecule has 29 heavy (non-hydrogen) atoms. The number of aliphatic hydroxyl groups is 3. The zero-order chi connectivity index (χ0) is 21.4. The van der Waals surface area contributed by atoms with Crippen LogP contribution in [0.5, 0.6) is 0 Å². The second kappa shape index (κ2) is 11.7. The quantitative estimate of drug-likeness (QED) is 0.319. The SMILES string of the molecule is CCC[C@H]1C[C@H]([C@H](O)C=C[C@H]2[C@H](O)CC(=O)[C@@H]2CC(=O)CCCCC(=O)CO)C1. The van der Waals surface area contributed by atoms with Crippen molar-refractivity contribution in [2.24, 2.45) is 23.7 Å². The molecule has 0 aromatic carbocycles. The monoisotopic (exact) mass is 408 g/mol. The average molecular weight is 409 g/mol. The van der Waals surface area contributed by atoms with Gasteiger partial charge in [-0.25, -0.2) is 0 Å². The summed E-state index contributed by atoms with van der Waals surface area (Å²) in [5.41, 5.74) is 0.